The van der Waals surface area contributed by atoms with Gasteiger partial charge in [-0.25, -0.2) is 17.1 Å². The molecule has 0 saturated heterocycles. The molecule has 2 aromatic carbocycles. The van der Waals surface area contributed by atoms with Crippen LogP contribution in [0, 0.1) is 5.82 Å². The van der Waals surface area contributed by atoms with E-state index in [4.69, 9.17) is 4.52 Å². The third-order valence-electron chi connectivity index (χ3n) is 3.76. The van der Waals surface area contributed by atoms with Gasteiger partial charge in [-0.1, -0.05) is 17.3 Å². The smallest absolute Gasteiger partial charge is 0.269 e. The summed E-state index contributed by atoms with van der Waals surface area (Å²) in [5.41, 5.74) is 0.621. The van der Waals surface area contributed by atoms with E-state index in [1.54, 1.807) is 12.1 Å². The minimum Gasteiger partial charge on any atom is -0.337 e. The van der Waals surface area contributed by atoms with Crippen LogP contribution in [0.15, 0.2) is 57.9 Å². The first kappa shape index (κ1) is 15.5. The van der Waals surface area contributed by atoms with Gasteiger partial charge in [-0.2, -0.15) is 4.98 Å². The lowest BCUT2D eigenvalue weighted by Crippen LogP contribution is -2.29. The molecule has 126 valence electrons. The Labute approximate surface area is 141 Å². The van der Waals surface area contributed by atoms with Crippen molar-refractivity contribution in [2.75, 3.05) is 0 Å². The van der Waals surface area contributed by atoms with E-state index in [9.17, 15) is 17.6 Å². The van der Waals surface area contributed by atoms with Crippen LogP contribution in [0.3, 0.4) is 0 Å². The molecule has 1 aliphatic heterocycles. The van der Waals surface area contributed by atoms with Crippen LogP contribution in [0.1, 0.15) is 16.2 Å². The first-order chi connectivity index (χ1) is 12.0. The Kier molecular flexibility index (Phi) is 3.39. The molecule has 25 heavy (non-hydrogen) atoms. The molecule has 2 heterocycles. The molecule has 9 heteroatoms. The highest BCUT2D eigenvalue weighted by Gasteiger charge is 2.41. The van der Waals surface area contributed by atoms with Gasteiger partial charge in [0, 0.05) is 5.56 Å². The van der Waals surface area contributed by atoms with E-state index >= 15 is 0 Å². The van der Waals surface area contributed by atoms with Crippen molar-refractivity contribution < 1.29 is 22.1 Å². The van der Waals surface area contributed by atoms with Crippen LogP contribution in [0.2, 0.25) is 0 Å². The largest absolute Gasteiger partial charge is 0.337 e. The van der Waals surface area contributed by atoms with Crippen LogP contribution in [-0.4, -0.2) is 28.8 Å². The van der Waals surface area contributed by atoms with Crippen molar-refractivity contribution in [3.05, 3.63) is 65.8 Å². The van der Waals surface area contributed by atoms with Crippen molar-refractivity contribution in [2.45, 2.75) is 11.4 Å². The first-order valence-electron chi connectivity index (χ1n) is 7.21. The van der Waals surface area contributed by atoms with E-state index < -0.39 is 21.7 Å². The van der Waals surface area contributed by atoms with Gasteiger partial charge in [0.2, 0.25) is 11.7 Å². The lowest BCUT2D eigenvalue weighted by atomic mass is 10.2. The summed E-state index contributed by atoms with van der Waals surface area (Å²) in [6.45, 7) is -0.371. The highest BCUT2D eigenvalue weighted by molar-refractivity contribution is 7.90. The summed E-state index contributed by atoms with van der Waals surface area (Å²) < 4.78 is 43.7. The van der Waals surface area contributed by atoms with Gasteiger partial charge in [0.1, 0.15) is 17.3 Å². The zero-order chi connectivity index (χ0) is 17.6. The fraction of sp³-hybridized carbons (Fsp3) is 0.0625. The van der Waals surface area contributed by atoms with Gasteiger partial charge in [-0.15, -0.1) is 0 Å². The van der Waals surface area contributed by atoms with Crippen molar-refractivity contribution in [3.8, 4) is 11.4 Å². The summed E-state index contributed by atoms with van der Waals surface area (Å²) in [6.07, 6.45) is 0. The minimum atomic E-state index is -3.95. The number of aromatic nitrogens is 2. The topological polar surface area (TPSA) is 93.4 Å². The lowest BCUT2D eigenvalue weighted by molar-refractivity contribution is 0.0855. The number of sulfonamides is 1. The number of hydrogen-bond acceptors (Lipinski definition) is 6. The van der Waals surface area contributed by atoms with Gasteiger partial charge < -0.3 is 4.52 Å². The lowest BCUT2D eigenvalue weighted by Gasteiger charge is -2.11. The van der Waals surface area contributed by atoms with Gasteiger partial charge in [0.05, 0.1) is 5.56 Å². The number of hydrogen-bond donors (Lipinski definition) is 0. The van der Waals surface area contributed by atoms with E-state index in [0.29, 0.717) is 9.87 Å². The molecule has 0 saturated carbocycles. The van der Waals surface area contributed by atoms with Crippen molar-refractivity contribution in [2.24, 2.45) is 0 Å². The van der Waals surface area contributed by atoms with Gasteiger partial charge in [0.15, 0.2) is 0 Å². The Morgan fingerprint density at radius 1 is 1.08 bits per heavy atom. The van der Waals surface area contributed by atoms with Crippen LogP contribution in [0.4, 0.5) is 4.39 Å². The van der Waals surface area contributed by atoms with E-state index in [2.05, 4.69) is 10.1 Å². The van der Waals surface area contributed by atoms with Crippen molar-refractivity contribution >= 4 is 15.9 Å². The van der Waals surface area contributed by atoms with E-state index in [-0.39, 0.29) is 28.7 Å². The van der Waals surface area contributed by atoms with Crippen molar-refractivity contribution in [3.63, 3.8) is 0 Å². The minimum absolute atomic E-state index is 0.0379. The molecule has 0 atom stereocenters. The third kappa shape index (κ3) is 2.49. The number of amides is 1. The molecule has 1 amide bonds. The number of benzene rings is 2. The molecule has 0 fully saturated rings. The van der Waals surface area contributed by atoms with E-state index in [1.807, 2.05) is 0 Å². The maximum Gasteiger partial charge on any atom is 0.269 e. The fourth-order valence-electron chi connectivity index (χ4n) is 2.55. The first-order valence-corrected chi connectivity index (χ1v) is 8.65. The Balaban J connectivity index is 1.64. The van der Waals surface area contributed by atoms with Crippen LogP contribution in [-0.2, 0) is 16.6 Å². The van der Waals surface area contributed by atoms with Crippen LogP contribution in [0.5, 0.6) is 0 Å². The molecule has 0 radical (unpaired) electrons. The third-order valence-corrected chi connectivity index (χ3v) is 5.55. The number of halogens is 1. The summed E-state index contributed by atoms with van der Waals surface area (Å²) in [5.74, 6) is -0.906. The molecule has 0 N–H and O–H groups in total. The zero-order valence-corrected chi connectivity index (χ0v) is 13.4. The predicted molar refractivity (Wildman–Crippen MR) is 83.2 cm³/mol. The number of fused-ring (bicyclic) bond motifs is 1. The quantitative estimate of drug-likeness (QED) is 0.712. The second-order valence-corrected chi connectivity index (χ2v) is 7.16. The molecule has 7 nitrogen and oxygen atoms in total. The molecule has 4 rings (SSSR count). The van der Waals surface area contributed by atoms with Crippen molar-refractivity contribution in [1.29, 1.82) is 0 Å². The van der Waals surface area contributed by atoms with E-state index in [0.717, 1.165) is 0 Å². The average Bonchev–Trinajstić information content (AvgIpc) is 3.14. The highest BCUT2D eigenvalue weighted by Crippen LogP contribution is 2.31. The predicted octanol–water partition coefficient (Wildman–Crippen LogP) is 2.22. The fourth-order valence-corrected chi connectivity index (χ4v) is 4.06. The monoisotopic (exact) mass is 359 g/mol. The SMILES string of the molecule is O=C1c2ccccc2S(=O)(=O)N1Cc1nc(-c2ccc(F)cc2)no1. The van der Waals surface area contributed by atoms with Gasteiger partial charge in [-0.05, 0) is 36.4 Å². The van der Waals surface area contributed by atoms with Crippen molar-refractivity contribution in [1.82, 2.24) is 14.4 Å². The Hall–Kier alpha value is -3.07. The Bertz CT molecular complexity index is 1080. The number of nitrogens with zero attached hydrogens (tertiary/aromatic N) is 3. The standard InChI is InChI=1S/C16H10FN3O4S/c17-11-7-5-10(6-8-11)15-18-14(24-19-15)9-20-16(21)12-3-1-2-4-13(12)25(20,22)23/h1-8H,9H2. The molecule has 0 spiro atoms. The summed E-state index contributed by atoms with van der Waals surface area (Å²) in [6, 6.07) is 11.4. The highest BCUT2D eigenvalue weighted by atomic mass is 32.2. The molecule has 3 aromatic rings. The molecule has 0 unspecified atom stereocenters. The number of rotatable bonds is 3. The normalized spacial score (nSPS) is 15.4. The molecule has 0 aliphatic carbocycles. The van der Waals surface area contributed by atoms with Crippen LogP contribution in [0.25, 0.3) is 11.4 Å². The molecule has 1 aromatic heterocycles. The second kappa shape index (κ2) is 5.49. The Morgan fingerprint density at radius 3 is 2.52 bits per heavy atom. The summed E-state index contributed by atoms with van der Waals surface area (Å²) in [4.78, 5) is 16.4. The summed E-state index contributed by atoms with van der Waals surface area (Å²) in [5, 5.41) is 3.74. The molecular weight excluding hydrogens is 349 g/mol. The average molecular weight is 359 g/mol. The van der Waals surface area contributed by atoms with E-state index in [1.165, 1.54) is 36.4 Å². The van der Waals surface area contributed by atoms with Gasteiger partial charge in [0.25, 0.3) is 15.9 Å². The maximum atomic E-state index is 13.0. The van der Waals surface area contributed by atoms with Gasteiger partial charge >= 0.3 is 0 Å². The zero-order valence-electron chi connectivity index (χ0n) is 12.6. The maximum absolute atomic E-state index is 13.0. The summed E-state index contributed by atoms with van der Waals surface area (Å²) >= 11 is 0. The summed E-state index contributed by atoms with van der Waals surface area (Å²) in [7, 11) is -3.95. The molecule has 1 aliphatic rings. The van der Waals surface area contributed by atoms with Crippen LogP contribution >= 0.6 is 0 Å². The van der Waals surface area contributed by atoms with Crippen LogP contribution < -0.4 is 0 Å². The van der Waals surface area contributed by atoms with Gasteiger partial charge in [-0.3, -0.25) is 4.79 Å². The Morgan fingerprint density at radius 2 is 1.80 bits per heavy atom. The number of carbonyl (C=O) groups excluding carboxylic acids is 1. The molecule has 0 bridgehead atoms. The molecular formula is C16H10FN3O4S. The second-order valence-electron chi connectivity index (χ2n) is 5.33. The number of carbonyl (C=O) groups is 1.